The molecule has 4 aromatic rings. The number of aromatic nitrogens is 3. The maximum Gasteiger partial charge on any atom is 0.242 e. The van der Waals surface area contributed by atoms with Crippen molar-refractivity contribution in [1.82, 2.24) is 14.8 Å². The Labute approximate surface area is 198 Å². The van der Waals surface area contributed by atoms with E-state index in [2.05, 4.69) is 10.2 Å². The molecule has 6 nitrogen and oxygen atoms in total. The third kappa shape index (κ3) is 3.85. The van der Waals surface area contributed by atoms with Crippen molar-refractivity contribution < 1.29 is 9.53 Å². The van der Waals surface area contributed by atoms with Crippen LogP contribution in [0.2, 0.25) is 5.02 Å². The lowest BCUT2D eigenvalue weighted by atomic mass is 10.2. The molecular weight excluding hydrogens is 464 g/mol. The molecule has 1 amide bonds. The molecule has 0 saturated carbocycles. The number of fused-ring (bicyclic) bond motifs is 2. The zero-order chi connectivity index (χ0) is 22.1. The van der Waals surface area contributed by atoms with E-state index in [1.807, 2.05) is 71.3 Å². The molecule has 2 heterocycles. The normalized spacial score (nSPS) is 12.2. The van der Waals surface area contributed by atoms with Crippen LogP contribution in [0.25, 0.3) is 5.69 Å². The number of carbonyl (C=O) groups excluding carboxylic acids is 1. The number of nitrogens with zero attached hydrogens (tertiary/aromatic N) is 4. The Morgan fingerprint density at radius 3 is 2.62 bits per heavy atom. The zero-order valence-corrected chi connectivity index (χ0v) is 19.3. The summed E-state index contributed by atoms with van der Waals surface area (Å²) in [4.78, 5) is 17.2. The van der Waals surface area contributed by atoms with Gasteiger partial charge in [-0.1, -0.05) is 59.4 Å². The van der Waals surface area contributed by atoms with Gasteiger partial charge in [0.05, 0.1) is 29.9 Å². The Kier molecular flexibility index (Phi) is 5.82. The van der Waals surface area contributed by atoms with E-state index in [0.29, 0.717) is 15.9 Å². The molecule has 32 heavy (non-hydrogen) atoms. The van der Waals surface area contributed by atoms with E-state index in [0.717, 1.165) is 26.9 Å². The van der Waals surface area contributed by atoms with Gasteiger partial charge in [-0.3, -0.25) is 14.3 Å². The number of benzene rings is 3. The quantitative estimate of drug-likeness (QED) is 0.334. The molecule has 5 rings (SSSR count). The predicted octanol–water partition coefficient (Wildman–Crippen LogP) is 5.85. The van der Waals surface area contributed by atoms with Gasteiger partial charge in [-0.05, 0) is 42.5 Å². The summed E-state index contributed by atoms with van der Waals surface area (Å²) in [6, 6.07) is 21.1. The molecule has 1 aromatic heterocycles. The lowest BCUT2D eigenvalue weighted by Crippen LogP contribution is -2.30. The van der Waals surface area contributed by atoms with E-state index < -0.39 is 0 Å². The third-order valence-corrected chi connectivity index (χ3v) is 7.22. The fourth-order valence-corrected chi connectivity index (χ4v) is 5.48. The second-order valence-electron chi connectivity index (χ2n) is 6.86. The molecule has 0 saturated heterocycles. The lowest BCUT2D eigenvalue weighted by molar-refractivity contribution is -0.115. The average Bonchev–Trinajstić information content (AvgIpc) is 3.29. The number of rotatable bonds is 5. The van der Waals surface area contributed by atoms with E-state index >= 15 is 0 Å². The molecule has 0 N–H and O–H groups in total. The number of hydrogen-bond donors (Lipinski definition) is 0. The van der Waals surface area contributed by atoms with E-state index in [-0.39, 0.29) is 11.7 Å². The van der Waals surface area contributed by atoms with Crippen molar-refractivity contribution in [2.24, 2.45) is 0 Å². The molecule has 9 heteroatoms. The summed E-state index contributed by atoms with van der Waals surface area (Å²) in [5.41, 5.74) is 2.45. The van der Waals surface area contributed by atoms with Crippen LogP contribution in [0.15, 0.2) is 88.0 Å². The highest BCUT2D eigenvalue weighted by atomic mass is 35.5. The second-order valence-corrected chi connectivity index (χ2v) is 9.32. The number of ether oxygens (including phenoxy) is 1. The highest BCUT2D eigenvalue weighted by molar-refractivity contribution is 8.00. The summed E-state index contributed by atoms with van der Waals surface area (Å²) in [5, 5.41) is 9.44. The molecule has 0 atom stereocenters. The van der Waals surface area contributed by atoms with Gasteiger partial charge in [-0.15, -0.1) is 10.2 Å². The molecule has 160 valence electrons. The Morgan fingerprint density at radius 1 is 1.03 bits per heavy atom. The highest BCUT2D eigenvalue weighted by Crippen LogP contribution is 2.49. The van der Waals surface area contributed by atoms with Crippen molar-refractivity contribution in [3.8, 4) is 11.4 Å². The van der Waals surface area contributed by atoms with Gasteiger partial charge in [0.2, 0.25) is 5.91 Å². The van der Waals surface area contributed by atoms with Gasteiger partial charge in [-0.25, -0.2) is 0 Å². The number of anilines is 2. The molecule has 1 aliphatic heterocycles. The van der Waals surface area contributed by atoms with Crippen molar-refractivity contribution in [2.75, 3.05) is 17.8 Å². The summed E-state index contributed by atoms with van der Waals surface area (Å²) in [5.74, 6) is 0.811. The number of methoxy groups -OCH3 is 1. The largest absolute Gasteiger partial charge is 0.495 e. The summed E-state index contributed by atoms with van der Waals surface area (Å²) < 4.78 is 7.28. The zero-order valence-electron chi connectivity index (χ0n) is 16.9. The molecule has 0 radical (unpaired) electrons. The van der Waals surface area contributed by atoms with Gasteiger partial charge in [0.1, 0.15) is 12.1 Å². The van der Waals surface area contributed by atoms with Crippen LogP contribution >= 0.6 is 35.1 Å². The van der Waals surface area contributed by atoms with E-state index in [9.17, 15) is 4.79 Å². The smallest absolute Gasteiger partial charge is 0.242 e. The van der Waals surface area contributed by atoms with Gasteiger partial charge in [0.15, 0.2) is 5.16 Å². The van der Waals surface area contributed by atoms with Gasteiger partial charge in [0, 0.05) is 14.8 Å². The lowest BCUT2D eigenvalue weighted by Gasteiger charge is -2.31. The predicted molar refractivity (Wildman–Crippen MR) is 128 cm³/mol. The van der Waals surface area contributed by atoms with Crippen LogP contribution in [0.1, 0.15) is 0 Å². The van der Waals surface area contributed by atoms with E-state index in [4.69, 9.17) is 16.3 Å². The summed E-state index contributed by atoms with van der Waals surface area (Å²) >= 11 is 9.22. The van der Waals surface area contributed by atoms with Gasteiger partial charge in [-0.2, -0.15) is 0 Å². The van der Waals surface area contributed by atoms with Crippen molar-refractivity contribution in [3.05, 3.63) is 78.1 Å². The number of hydrogen-bond acceptors (Lipinski definition) is 6. The Balaban J connectivity index is 1.44. The van der Waals surface area contributed by atoms with E-state index in [1.54, 1.807) is 30.1 Å². The minimum absolute atomic E-state index is 0.0687. The van der Waals surface area contributed by atoms with Gasteiger partial charge in [0.25, 0.3) is 0 Å². The first kappa shape index (κ1) is 20.9. The number of carbonyl (C=O) groups is 1. The van der Waals surface area contributed by atoms with Crippen LogP contribution < -0.4 is 9.64 Å². The first-order valence-electron chi connectivity index (χ1n) is 9.71. The molecular formula is C23H17ClN4O2S2. The molecule has 0 fully saturated rings. The summed E-state index contributed by atoms with van der Waals surface area (Å²) in [6.07, 6.45) is 1.62. The topological polar surface area (TPSA) is 60.2 Å². The fraction of sp³-hybridized carbons (Fsp3) is 0.0870. The molecule has 0 aliphatic carbocycles. The van der Waals surface area contributed by atoms with Crippen LogP contribution in [-0.2, 0) is 4.79 Å². The van der Waals surface area contributed by atoms with Crippen molar-refractivity contribution >= 4 is 52.4 Å². The SMILES string of the molecule is COc1ccccc1-n1cnnc1SCC(=O)N1c2ccccc2Sc2ccc(Cl)cc21. The highest BCUT2D eigenvalue weighted by Gasteiger charge is 2.28. The minimum atomic E-state index is -0.0687. The van der Waals surface area contributed by atoms with Gasteiger partial charge < -0.3 is 4.74 Å². The first-order chi connectivity index (χ1) is 15.7. The molecule has 0 unspecified atom stereocenters. The monoisotopic (exact) mass is 480 g/mol. The van der Waals surface area contributed by atoms with Gasteiger partial charge >= 0.3 is 0 Å². The Hall–Kier alpha value is -2.94. The van der Waals surface area contributed by atoms with Crippen molar-refractivity contribution in [2.45, 2.75) is 14.9 Å². The molecule has 0 bridgehead atoms. The minimum Gasteiger partial charge on any atom is -0.495 e. The van der Waals surface area contributed by atoms with E-state index in [1.165, 1.54) is 11.8 Å². The van der Waals surface area contributed by atoms with Crippen LogP contribution in [0, 0.1) is 0 Å². The maximum absolute atomic E-state index is 13.5. The Morgan fingerprint density at radius 2 is 1.78 bits per heavy atom. The number of para-hydroxylation sites is 3. The number of thioether (sulfide) groups is 1. The summed E-state index contributed by atoms with van der Waals surface area (Å²) in [6.45, 7) is 0. The average molecular weight is 481 g/mol. The summed E-state index contributed by atoms with van der Waals surface area (Å²) in [7, 11) is 1.62. The first-order valence-corrected chi connectivity index (χ1v) is 11.9. The third-order valence-electron chi connectivity index (χ3n) is 4.92. The molecule has 0 spiro atoms. The van der Waals surface area contributed by atoms with Crippen LogP contribution in [-0.4, -0.2) is 33.5 Å². The standard InChI is InChI=1S/C23H17ClN4O2S2/c1-30-19-8-4-2-6-16(19)27-14-25-26-23(27)31-13-22(29)28-17-7-3-5-9-20(17)32-21-11-10-15(24)12-18(21)28/h2-12,14H,13H2,1H3. The molecule has 1 aliphatic rings. The maximum atomic E-state index is 13.5. The van der Waals surface area contributed by atoms with Crippen LogP contribution in [0.5, 0.6) is 5.75 Å². The Bertz CT molecular complexity index is 1310. The van der Waals surface area contributed by atoms with Crippen molar-refractivity contribution in [1.29, 1.82) is 0 Å². The van der Waals surface area contributed by atoms with Crippen LogP contribution in [0.3, 0.4) is 0 Å². The number of amides is 1. The second kappa shape index (κ2) is 8.90. The number of halogens is 1. The van der Waals surface area contributed by atoms with Crippen LogP contribution in [0.4, 0.5) is 11.4 Å². The fourth-order valence-electron chi connectivity index (χ4n) is 3.50. The molecule has 3 aromatic carbocycles. The van der Waals surface area contributed by atoms with Crippen molar-refractivity contribution in [3.63, 3.8) is 0 Å².